The number of hydrogen-bond donors (Lipinski definition) is 1. The molecule has 0 aromatic heterocycles. The average Bonchev–Trinajstić information content (AvgIpc) is 2.22. The highest BCUT2D eigenvalue weighted by molar-refractivity contribution is 4.81. The van der Waals surface area contributed by atoms with Gasteiger partial charge in [-0.15, -0.1) is 0 Å². The van der Waals surface area contributed by atoms with E-state index < -0.39 is 0 Å². The smallest absolute Gasteiger partial charge is 0.0474 e. The molecule has 4 nitrogen and oxygen atoms in total. The molecule has 1 N–H and O–H groups in total. The monoisotopic (exact) mass is 215 g/mol. The summed E-state index contributed by atoms with van der Waals surface area (Å²) in [7, 11) is 6.01. The summed E-state index contributed by atoms with van der Waals surface area (Å²) in [6, 6.07) is 0.658. The molecule has 1 heterocycles. The van der Waals surface area contributed by atoms with Crippen LogP contribution in [0.1, 0.15) is 6.42 Å². The van der Waals surface area contributed by atoms with Gasteiger partial charge >= 0.3 is 0 Å². The molecule has 1 fully saturated rings. The van der Waals surface area contributed by atoms with E-state index in [1.54, 1.807) is 7.11 Å². The van der Waals surface area contributed by atoms with E-state index in [4.69, 9.17) is 4.74 Å². The van der Waals surface area contributed by atoms with Crippen molar-refractivity contribution in [3.8, 4) is 0 Å². The van der Waals surface area contributed by atoms with Crippen molar-refractivity contribution in [1.29, 1.82) is 0 Å². The van der Waals surface area contributed by atoms with Gasteiger partial charge in [0.15, 0.2) is 0 Å². The van der Waals surface area contributed by atoms with Crippen molar-refractivity contribution < 1.29 is 4.74 Å². The van der Waals surface area contributed by atoms with Crippen LogP contribution in [0.2, 0.25) is 0 Å². The minimum Gasteiger partial charge on any atom is -0.385 e. The summed E-state index contributed by atoms with van der Waals surface area (Å²) in [5.41, 5.74) is 0. The molecule has 15 heavy (non-hydrogen) atoms. The molecule has 1 rings (SSSR count). The first-order valence-corrected chi connectivity index (χ1v) is 5.84. The predicted octanol–water partition coefficient (Wildman–Crippen LogP) is -0.142. The quantitative estimate of drug-likeness (QED) is 0.624. The Morgan fingerprint density at radius 3 is 2.87 bits per heavy atom. The molecule has 1 saturated heterocycles. The molecule has 0 bridgehead atoms. The topological polar surface area (TPSA) is 27.7 Å². The van der Waals surface area contributed by atoms with E-state index in [9.17, 15) is 0 Å². The molecule has 0 aromatic rings. The van der Waals surface area contributed by atoms with Gasteiger partial charge in [-0.25, -0.2) is 0 Å². The predicted molar refractivity (Wildman–Crippen MR) is 63.3 cm³/mol. The summed E-state index contributed by atoms with van der Waals surface area (Å²) >= 11 is 0. The lowest BCUT2D eigenvalue weighted by molar-refractivity contribution is 0.0797. The fourth-order valence-electron chi connectivity index (χ4n) is 2.18. The molecule has 1 atom stereocenters. The van der Waals surface area contributed by atoms with E-state index in [0.29, 0.717) is 6.04 Å². The average molecular weight is 215 g/mol. The summed E-state index contributed by atoms with van der Waals surface area (Å²) < 4.78 is 5.10. The third-order valence-electron chi connectivity index (χ3n) is 3.04. The summed E-state index contributed by atoms with van der Waals surface area (Å²) in [6.45, 7) is 6.66. The van der Waals surface area contributed by atoms with E-state index in [0.717, 1.165) is 26.1 Å². The Kier molecular flexibility index (Phi) is 6.17. The van der Waals surface area contributed by atoms with Gasteiger partial charge in [0.05, 0.1) is 0 Å². The van der Waals surface area contributed by atoms with Gasteiger partial charge in [0.25, 0.3) is 0 Å². The standard InChI is InChI=1S/C11H25N3O/c1-12-9-11-10-13(2)6-7-14(11)5-4-8-15-3/h11-12H,4-10H2,1-3H3. The van der Waals surface area contributed by atoms with Crippen LogP contribution < -0.4 is 5.32 Å². The highest BCUT2D eigenvalue weighted by atomic mass is 16.5. The number of piperazine rings is 1. The molecule has 1 aliphatic rings. The minimum atomic E-state index is 0.658. The Morgan fingerprint density at radius 2 is 2.20 bits per heavy atom. The van der Waals surface area contributed by atoms with E-state index in [-0.39, 0.29) is 0 Å². The lowest BCUT2D eigenvalue weighted by Gasteiger charge is -2.40. The van der Waals surface area contributed by atoms with Crippen molar-refractivity contribution in [2.45, 2.75) is 12.5 Å². The van der Waals surface area contributed by atoms with Crippen LogP contribution in [0.3, 0.4) is 0 Å². The Morgan fingerprint density at radius 1 is 1.40 bits per heavy atom. The van der Waals surface area contributed by atoms with Gasteiger partial charge in [0, 0.05) is 52.5 Å². The van der Waals surface area contributed by atoms with Crippen LogP contribution in [0.5, 0.6) is 0 Å². The largest absolute Gasteiger partial charge is 0.385 e. The molecule has 90 valence electrons. The molecule has 4 heteroatoms. The summed E-state index contributed by atoms with van der Waals surface area (Å²) in [4.78, 5) is 4.99. The van der Waals surface area contributed by atoms with Crippen molar-refractivity contribution in [2.24, 2.45) is 0 Å². The normalized spacial score (nSPS) is 24.6. The van der Waals surface area contributed by atoms with Gasteiger partial charge in [-0.1, -0.05) is 0 Å². The van der Waals surface area contributed by atoms with Gasteiger partial charge < -0.3 is 15.0 Å². The first-order chi connectivity index (χ1) is 7.27. The highest BCUT2D eigenvalue weighted by Gasteiger charge is 2.23. The van der Waals surface area contributed by atoms with Gasteiger partial charge in [-0.2, -0.15) is 0 Å². The number of ether oxygens (including phenoxy) is 1. The summed E-state index contributed by atoms with van der Waals surface area (Å²) in [5.74, 6) is 0. The van der Waals surface area contributed by atoms with Gasteiger partial charge in [0.1, 0.15) is 0 Å². The number of nitrogens with zero attached hydrogens (tertiary/aromatic N) is 2. The molecule has 0 radical (unpaired) electrons. The third-order valence-corrected chi connectivity index (χ3v) is 3.04. The lowest BCUT2D eigenvalue weighted by atomic mass is 10.1. The molecule has 1 unspecified atom stereocenters. The maximum Gasteiger partial charge on any atom is 0.0474 e. The molecule has 0 saturated carbocycles. The molecule has 0 amide bonds. The lowest BCUT2D eigenvalue weighted by Crippen LogP contribution is -2.55. The number of hydrogen-bond acceptors (Lipinski definition) is 4. The Labute approximate surface area is 93.6 Å². The Bertz CT molecular complexity index is 166. The first-order valence-electron chi connectivity index (χ1n) is 5.84. The summed E-state index contributed by atoms with van der Waals surface area (Å²) in [5, 5.41) is 3.28. The van der Waals surface area contributed by atoms with Crippen LogP contribution in [0.15, 0.2) is 0 Å². The number of likely N-dealkylation sites (N-methyl/N-ethyl adjacent to an activating group) is 2. The Hall–Kier alpha value is -0.160. The zero-order chi connectivity index (χ0) is 11.1. The summed E-state index contributed by atoms with van der Waals surface area (Å²) in [6.07, 6.45) is 1.14. The van der Waals surface area contributed by atoms with Crippen LogP contribution in [0.4, 0.5) is 0 Å². The van der Waals surface area contributed by atoms with Crippen LogP contribution in [-0.4, -0.2) is 76.4 Å². The molecular formula is C11H25N3O. The maximum absolute atomic E-state index is 5.10. The number of nitrogens with one attached hydrogen (secondary N) is 1. The fraction of sp³-hybridized carbons (Fsp3) is 1.00. The van der Waals surface area contributed by atoms with E-state index in [1.807, 2.05) is 7.05 Å². The van der Waals surface area contributed by atoms with Crippen LogP contribution in [0.25, 0.3) is 0 Å². The molecule has 0 aromatic carbocycles. The van der Waals surface area contributed by atoms with E-state index in [1.165, 1.54) is 19.6 Å². The highest BCUT2D eigenvalue weighted by Crippen LogP contribution is 2.08. The Balaban J connectivity index is 2.31. The van der Waals surface area contributed by atoms with Crippen LogP contribution >= 0.6 is 0 Å². The maximum atomic E-state index is 5.10. The number of methoxy groups -OCH3 is 1. The van der Waals surface area contributed by atoms with Crippen molar-refractivity contribution in [2.75, 3.05) is 60.5 Å². The SMILES string of the molecule is CNCC1CN(C)CCN1CCCOC. The first kappa shape index (κ1) is 12.9. The second-order valence-corrected chi connectivity index (χ2v) is 4.36. The third kappa shape index (κ3) is 4.47. The van der Waals surface area contributed by atoms with Crippen LogP contribution in [0, 0.1) is 0 Å². The van der Waals surface area contributed by atoms with Crippen LogP contribution in [-0.2, 0) is 4.74 Å². The molecule has 0 spiro atoms. The van der Waals surface area contributed by atoms with Gasteiger partial charge in [-0.3, -0.25) is 4.90 Å². The van der Waals surface area contributed by atoms with E-state index >= 15 is 0 Å². The van der Waals surface area contributed by atoms with E-state index in [2.05, 4.69) is 22.2 Å². The van der Waals surface area contributed by atoms with Crippen molar-refractivity contribution in [3.05, 3.63) is 0 Å². The zero-order valence-electron chi connectivity index (χ0n) is 10.3. The molecule has 0 aliphatic carbocycles. The fourth-order valence-corrected chi connectivity index (χ4v) is 2.18. The van der Waals surface area contributed by atoms with Gasteiger partial charge in [0.2, 0.25) is 0 Å². The minimum absolute atomic E-state index is 0.658. The van der Waals surface area contributed by atoms with Crippen molar-refractivity contribution >= 4 is 0 Å². The molecule has 1 aliphatic heterocycles. The number of rotatable bonds is 6. The second kappa shape index (κ2) is 7.17. The van der Waals surface area contributed by atoms with Gasteiger partial charge in [-0.05, 0) is 20.5 Å². The van der Waals surface area contributed by atoms with Crippen molar-refractivity contribution in [3.63, 3.8) is 0 Å². The zero-order valence-corrected chi connectivity index (χ0v) is 10.3. The molecular weight excluding hydrogens is 190 g/mol. The second-order valence-electron chi connectivity index (χ2n) is 4.36. The van der Waals surface area contributed by atoms with Crippen molar-refractivity contribution in [1.82, 2.24) is 15.1 Å².